The minimum Gasteiger partial charge on any atom is -0.336 e. The fourth-order valence-electron chi connectivity index (χ4n) is 2.32. The van der Waals surface area contributed by atoms with Crippen LogP contribution in [0.3, 0.4) is 0 Å². The maximum atomic E-state index is 13.8. The van der Waals surface area contributed by atoms with Crippen LogP contribution in [-0.4, -0.2) is 32.6 Å². The molecule has 24 heavy (non-hydrogen) atoms. The summed E-state index contributed by atoms with van der Waals surface area (Å²) < 4.78 is 15.2. The third-order valence-electron chi connectivity index (χ3n) is 3.58. The number of aromatic nitrogens is 3. The first-order valence-corrected chi connectivity index (χ1v) is 8.44. The smallest absolute Gasteiger partial charge is 0.257 e. The Balaban J connectivity index is 1.74. The molecule has 3 aromatic rings. The van der Waals surface area contributed by atoms with E-state index in [1.54, 1.807) is 41.5 Å². The average molecular weight is 344 g/mol. The van der Waals surface area contributed by atoms with Crippen LogP contribution in [0.2, 0.25) is 0 Å². The second kappa shape index (κ2) is 6.92. The van der Waals surface area contributed by atoms with Gasteiger partial charge in [0.15, 0.2) is 0 Å². The van der Waals surface area contributed by atoms with E-state index in [1.165, 1.54) is 23.1 Å². The summed E-state index contributed by atoms with van der Waals surface area (Å²) in [5, 5.41) is 7.11. The van der Waals surface area contributed by atoms with Crippen molar-refractivity contribution in [3.63, 3.8) is 0 Å². The number of amides is 1. The number of benzene rings is 1. The Morgan fingerprint density at radius 1 is 1.38 bits per heavy atom. The normalized spacial score (nSPS) is 10.8. The maximum absolute atomic E-state index is 13.8. The fraction of sp³-hybridized carbons (Fsp3) is 0.235. The molecule has 0 saturated heterocycles. The Bertz CT molecular complexity index is 858. The highest BCUT2D eigenvalue weighted by molar-refractivity contribution is 7.09. The molecule has 1 aromatic carbocycles. The first-order chi connectivity index (χ1) is 11.6. The number of hydrogen-bond donors (Lipinski definition) is 0. The lowest BCUT2D eigenvalue weighted by Crippen LogP contribution is -2.26. The van der Waals surface area contributed by atoms with Crippen molar-refractivity contribution in [3.8, 4) is 5.69 Å². The highest BCUT2D eigenvalue weighted by Crippen LogP contribution is 2.15. The number of thiazole rings is 1. The van der Waals surface area contributed by atoms with E-state index in [0.29, 0.717) is 17.8 Å². The van der Waals surface area contributed by atoms with Crippen LogP contribution in [0.1, 0.15) is 28.0 Å². The lowest BCUT2D eigenvalue weighted by Gasteiger charge is -2.14. The lowest BCUT2D eigenvalue weighted by atomic mass is 10.3. The predicted molar refractivity (Wildman–Crippen MR) is 90.8 cm³/mol. The zero-order valence-corrected chi connectivity index (χ0v) is 14.3. The van der Waals surface area contributed by atoms with Gasteiger partial charge >= 0.3 is 0 Å². The molecule has 5 nitrogen and oxygen atoms in total. The van der Waals surface area contributed by atoms with Crippen molar-refractivity contribution in [3.05, 3.63) is 64.1 Å². The van der Waals surface area contributed by atoms with E-state index in [4.69, 9.17) is 0 Å². The SMILES string of the molecule is CCc1nc(CN(C)C(=O)c2cnn(-c3ccccc3F)c2)cs1. The summed E-state index contributed by atoms with van der Waals surface area (Å²) in [6, 6.07) is 6.31. The molecule has 0 fully saturated rings. The molecule has 0 bridgehead atoms. The third kappa shape index (κ3) is 3.35. The highest BCUT2D eigenvalue weighted by atomic mass is 32.1. The highest BCUT2D eigenvalue weighted by Gasteiger charge is 2.16. The second-order valence-corrected chi connectivity index (χ2v) is 6.31. The van der Waals surface area contributed by atoms with E-state index in [2.05, 4.69) is 17.0 Å². The summed E-state index contributed by atoms with van der Waals surface area (Å²) in [4.78, 5) is 18.6. The summed E-state index contributed by atoms with van der Waals surface area (Å²) in [7, 11) is 1.72. The van der Waals surface area contributed by atoms with Crippen molar-refractivity contribution < 1.29 is 9.18 Å². The van der Waals surface area contributed by atoms with Crippen molar-refractivity contribution in [2.75, 3.05) is 7.05 Å². The van der Waals surface area contributed by atoms with E-state index in [-0.39, 0.29) is 11.7 Å². The molecule has 0 saturated carbocycles. The van der Waals surface area contributed by atoms with Crippen LogP contribution in [0, 0.1) is 5.82 Å². The molecule has 0 spiro atoms. The van der Waals surface area contributed by atoms with Crippen LogP contribution in [0.5, 0.6) is 0 Å². The van der Waals surface area contributed by atoms with E-state index >= 15 is 0 Å². The predicted octanol–water partition coefficient (Wildman–Crippen LogP) is 3.30. The molecule has 0 N–H and O–H groups in total. The summed E-state index contributed by atoms with van der Waals surface area (Å²) in [6.45, 7) is 2.48. The van der Waals surface area contributed by atoms with E-state index in [1.807, 2.05) is 5.38 Å². The molecule has 0 aliphatic rings. The number of aryl methyl sites for hydroxylation is 1. The number of hydrogen-bond acceptors (Lipinski definition) is 4. The van der Waals surface area contributed by atoms with Crippen LogP contribution in [0.15, 0.2) is 42.0 Å². The number of para-hydroxylation sites is 1. The molecule has 7 heteroatoms. The van der Waals surface area contributed by atoms with Crippen LogP contribution < -0.4 is 0 Å². The molecule has 3 rings (SSSR count). The Kier molecular flexibility index (Phi) is 4.71. The molecule has 1 amide bonds. The first kappa shape index (κ1) is 16.3. The molecule has 0 aliphatic heterocycles. The van der Waals surface area contributed by atoms with Gasteiger partial charge in [0.05, 0.1) is 29.0 Å². The second-order valence-electron chi connectivity index (χ2n) is 5.37. The molecular weight excluding hydrogens is 327 g/mol. The number of carbonyl (C=O) groups is 1. The minimum absolute atomic E-state index is 0.177. The molecule has 2 aromatic heterocycles. The third-order valence-corrected chi connectivity index (χ3v) is 4.62. The van der Waals surface area contributed by atoms with Gasteiger partial charge in [0.1, 0.15) is 11.5 Å². The van der Waals surface area contributed by atoms with Crippen LogP contribution in [0.4, 0.5) is 4.39 Å². The van der Waals surface area contributed by atoms with Crippen LogP contribution in [0.25, 0.3) is 5.69 Å². The zero-order valence-electron chi connectivity index (χ0n) is 13.4. The summed E-state index contributed by atoms with van der Waals surface area (Å²) in [5.41, 5.74) is 1.59. The molecule has 2 heterocycles. The molecular formula is C17H17FN4OS. The van der Waals surface area contributed by atoms with Gasteiger partial charge in [0.2, 0.25) is 0 Å². The van der Waals surface area contributed by atoms with E-state index in [9.17, 15) is 9.18 Å². The largest absolute Gasteiger partial charge is 0.336 e. The van der Waals surface area contributed by atoms with Crippen molar-refractivity contribution in [2.45, 2.75) is 19.9 Å². The fourth-order valence-corrected chi connectivity index (χ4v) is 3.06. The number of rotatable bonds is 5. The molecule has 0 radical (unpaired) electrons. The quantitative estimate of drug-likeness (QED) is 0.713. The summed E-state index contributed by atoms with van der Waals surface area (Å²) >= 11 is 1.59. The molecule has 0 unspecified atom stereocenters. The zero-order chi connectivity index (χ0) is 17.1. The molecule has 0 aliphatic carbocycles. The monoisotopic (exact) mass is 344 g/mol. The Morgan fingerprint density at radius 3 is 2.88 bits per heavy atom. The first-order valence-electron chi connectivity index (χ1n) is 7.56. The van der Waals surface area contributed by atoms with Gasteiger partial charge < -0.3 is 4.90 Å². The van der Waals surface area contributed by atoms with Crippen molar-refractivity contribution in [1.82, 2.24) is 19.7 Å². The Labute approximate surface area is 143 Å². The van der Waals surface area contributed by atoms with Gasteiger partial charge in [-0.05, 0) is 18.6 Å². The Morgan fingerprint density at radius 2 is 2.17 bits per heavy atom. The van der Waals surface area contributed by atoms with Crippen molar-refractivity contribution >= 4 is 17.2 Å². The molecule has 0 atom stereocenters. The van der Waals surface area contributed by atoms with Crippen molar-refractivity contribution in [2.24, 2.45) is 0 Å². The topological polar surface area (TPSA) is 51.0 Å². The maximum Gasteiger partial charge on any atom is 0.257 e. The summed E-state index contributed by atoms with van der Waals surface area (Å²) in [5.74, 6) is -0.564. The number of carbonyl (C=O) groups excluding carboxylic acids is 1. The number of halogens is 1. The molecule has 124 valence electrons. The van der Waals surface area contributed by atoms with Gasteiger partial charge in [-0.15, -0.1) is 11.3 Å². The average Bonchev–Trinajstić information content (AvgIpc) is 3.23. The lowest BCUT2D eigenvalue weighted by molar-refractivity contribution is 0.0783. The van der Waals surface area contributed by atoms with Gasteiger partial charge in [0, 0.05) is 18.6 Å². The van der Waals surface area contributed by atoms with Gasteiger partial charge in [-0.3, -0.25) is 4.79 Å². The number of nitrogens with zero attached hydrogens (tertiary/aromatic N) is 4. The van der Waals surface area contributed by atoms with Gasteiger partial charge in [-0.25, -0.2) is 14.1 Å². The minimum atomic E-state index is -0.387. The van der Waals surface area contributed by atoms with E-state index in [0.717, 1.165) is 17.1 Å². The van der Waals surface area contributed by atoms with E-state index < -0.39 is 0 Å². The van der Waals surface area contributed by atoms with Gasteiger partial charge in [0.25, 0.3) is 5.91 Å². The standard InChI is InChI=1S/C17H17FN4OS/c1-3-16-20-13(11-24-16)10-21(2)17(23)12-8-19-22(9-12)15-7-5-4-6-14(15)18/h4-9,11H,3,10H2,1-2H3. The van der Waals surface area contributed by atoms with Crippen LogP contribution >= 0.6 is 11.3 Å². The van der Waals surface area contributed by atoms with Crippen LogP contribution in [-0.2, 0) is 13.0 Å². The van der Waals surface area contributed by atoms with Gasteiger partial charge in [-0.1, -0.05) is 19.1 Å². The summed E-state index contributed by atoms with van der Waals surface area (Å²) in [6.07, 6.45) is 3.87. The Hall–Kier alpha value is -2.54. The van der Waals surface area contributed by atoms with Crippen molar-refractivity contribution in [1.29, 1.82) is 0 Å². The van der Waals surface area contributed by atoms with Gasteiger partial charge in [-0.2, -0.15) is 5.10 Å².